The van der Waals surface area contributed by atoms with Crippen molar-refractivity contribution in [2.75, 3.05) is 26.8 Å². The number of pyridine rings is 1. The molecule has 0 aliphatic carbocycles. The third-order valence-corrected chi connectivity index (χ3v) is 7.70. The average molecular weight is 493 g/mol. The van der Waals surface area contributed by atoms with E-state index < -0.39 is 11.0 Å². The van der Waals surface area contributed by atoms with Gasteiger partial charge in [-0.05, 0) is 63.6 Å². The molecule has 6 nitrogen and oxygen atoms in total. The van der Waals surface area contributed by atoms with Crippen molar-refractivity contribution in [1.29, 1.82) is 5.26 Å². The zero-order chi connectivity index (χ0) is 25.6. The van der Waals surface area contributed by atoms with E-state index >= 15 is 0 Å². The molecule has 3 rings (SSSR count). The lowest BCUT2D eigenvalue weighted by Gasteiger charge is -2.22. The van der Waals surface area contributed by atoms with Crippen molar-refractivity contribution in [2.45, 2.75) is 52.0 Å². The van der Waals surface area contributed by atoms with Crippen molar-refractivity contribution in [1.82, 2.24) is 14.6 Å². The quantitative estimate of drug-likeness (QED) is 0.412. The molecule has 0 fully saturated rings. The summed E-state index contributed by atoms with van der Waals surface area (Å²) in [6.45, 7) is 13.3. The molecule has 0 spiro atoms. The molecule has 0 radical (unpaired) electrons. The van der Waals surface area contributed by atoms with Gasteiger partial charge in [0.25, 0.3) is 0 Å². The number of rotatable bonds is 10. The van der Waals surface area contributed by atoms with Crippen LogP contribution in [0.2, 0.25) is 0 Å². The molecule has 0 amide bonds. The summed E-state index contributed by atoms with van der Waals surface area (Å²) in [6, 6.07) is 18.3. The maximum Gasteiger partial charge on any atom is 0.0992 e. The van der Waals surface area contributed by atoms with E-state index in [1.165, 1.54) is 5.56 Å². The fraction of sp³-hybridized carbons (Fsp3) is 0.429. The van der Waals surface area contributed by atoms with E-state index in [1.807, 2.05) is 45.9 Å². The summed E-state index contributed by atoms with van der Waals surface area (Å²) in [5, 5.41) is 10.5. The van der Waals surface area contributed by atoms with E-state index in [0.717, 1.165) is 47.4 Å². The van der Waals surface area contributed by atoms with Crippen LogP contribution in [-0.4, -0.2) is 45.6 Å². The first-order valence-corrected chi connectivity index (χ1v) is 13.1. The Bertz CT molecular complexity index is 1210. The number of likely N-dealkylation sites (N-methyl/N-ethyl adjacent to an activating group) is 1. The molecule has 7 heteroatoms. The van der Waals surface area contributed by atoms with Gasteiger partial charge in [0, 0.05) is 37.2 Å². The summed E-state index contributed by atoms with van der Waals surface area (Å²) in [4.78, 5) is 7.25. The lowest BCUT2D eigenvalue weighted by Crippen LogP contribution is -2.34. The second kappa shape index (κ2) is 11.9. The van der Waals surface area contributed by atoms with Crippen LogP contribution in [-0.2, 0) is 22.3 Å². The van der Waals surface area contributed by atoms with Crippen LogP contribution in [0.15, 0.2) is 48.5 Å². The SMILES string of the molecule is CCN(CCOC)Cc1cc(-c2ccc(C(C)NS(=O)C(C)(C)C)cc2)nc2cc(C#N)ccc12. The Balaban J connectivity index is 1.95. The predicted molar refractivity (Wildman–Crippen MR) is 144 cm³/mol. The summed E-state index contributed by atoms with van der Waals surface area (Å²) in [5.41, 5.74) is 5.53. The number of aromatic nitrogens is 1. The van der Waals surface area contributed by atoms with Crippen molar-refractivity contribution in [2.24, 2.45) is 0 Å². The number of ether oxygens (including phenoxy) is 1. The summed E-state index contributed by atoms with van der Waals surface area (Å²) in [6.07, 6.45) is 0. The fourth-order valence-electron chi connectivity index (χ4n) is 3.81. The number of fused-ring (bicyclic) bond motifs is 1. The maximum atomic E-state index is 12.5. The summed E-state index contributed by atoms with van der Waals surface area (Å²) >= 11 is 0. The number of hydrogen-bond acceptors (Lipinski definition) is 5. The zero-order valence-electron chi connectivity index (χ0n) is 21.6. The second-order valence-electron chi connectivity index (χ2n) is 9.71. The minimum atomic E-state index is -1.14. The number of benzene rings is 2. The third kappa shape index (κ3) is 6.96. The van der Waals surface area contributed by atoms with Gasteiger partial charge in [-0.3, -0.25) is 4.90 Å². The van der Waals surface area contributed by atoms with Crippen LogP contribution in [0.5, 0.6) is 0 Å². The van der Waals surface area contributed by atoms with Gasteiger partial charge < -0.3 is 4.74 Å². The van der Waals surface area contributed by atoms with Crippen LogP contribution in [0.1, 0.15) is 57.4 Å². The van der Waals surface area contributed by atoms with Crippen LogP contribution in [0.4, 0.5) is 0 Å². The Morgan fingerprint density at radius 3 is 2.49 bits per heavy atom. The largest absolute Gasteiger partial charge is 0.383 e. The highest BCUT2D eigenvalue weighted by Crippen LogP contribution is 2.28. The molecule has 35 heavy (non-hydrogen) atoms. The van der Waals surface area contributed by atoms with Gasteiger partial charge >= 0.3 is 0 Å². The average Bonchev–Trinajstić information content (AvgIpc) is 2.85. The molecule has 0 saturated heterocycles. The Morgan fingerprint density at radius 1 is 1.17 bits per heavy atom. The van der Waals surface area contributed by atoms with Crippen molar-refractivity contribution >= 4 is 21.9 Å². The van der Waals surface area contributed by atoms with Gasteiger partial charge in [0.05, 0.1) is 45.2 Å². The van der Waals surface area contributed by atoms with Crippen LogP contribution >= 0.6 is 0 Å². The molecule has 2 unspecified atom stereocenters. The molecule has 1 heterocycles. The zero-order valence-corrected chi connectivity index (χ0v) is 22.4. The molecule has 0 bridgehead atoms. The predicted octanol–water partition coefficient (Wildman–Crippen LogP) is 5.35. The first kappa shape index (κ1) is 27.0. The van der Waals surface area contributed by atoms with Crippen molar-refractivity contribution in [3.8, 4) is 17.3 Å². The molecule has 1 N–H and O–H groups in total. The van der Waals surface area contributed by atoms with Gasteiger partial charge in [0.2, 0.25) is 0 Å². The molecule has 0 aliphatic heterocycles. The van der Waals surface area contributed by atoms with E-state index in [-0.39, 0.29) is 10.8 Å². The molecule has 2 aromatic carbocycles. The second-order valence-corrected chi connectivity index (χ2v) is 11.7. The van der Waals surface area contributed by atoms with Crippen LogP contribution < -0.4 is 4.72 Å². The van der Waals surface area contributed by atoms with E-state index in [1.54, 1.807) is 7.11 Å². The number of nitriles is 1. The standard InChI is InChI=1S/C28H36N4O2S/c1-7-32(14-15-34-6)19-24-17-26(30-27-16-21(18-29)8-13-25(24)27)23-11-9-22(10-12-23)20(2)31-35(33)28(3,4)5/h8-13,16-17,20,31H,7,14-15,19H2,1-6H3. The minimum absolute atomic E-state index is 0.0404. The molecule has 1 aromatic heterocycles. The van der Waals surface area contributed by atoms with Crippen molar-refractivity contribution in [3.05, 3.63) is 65.2 Å². The van der Waals surface area contributed by atoms with Gasteiger partial charge in [-0.15, -0.1) is 0 Å². The Kier molecular flexibility index (Phi) is 9.15. The molecule has 3 aromatic rings. The van der Waals surface area contributed by atoms with E-state index in [9.17, 15) is 9.47 Å². The third-order valence-electron chi connectivity index (χ3n) is 6.02. The fourth-order valence-corrected chi connectivity index (χ4v) is 4.62. The van der Waals surface area contributed by atoms with Crippen LogP contribution in [0.25, 0.3) is 22.2 Å². The highest BCUT2D eigenvalue weighted by Gasteiger charge is 2.21. The molecular weight excluding hydrogens is 456 g/mol. The topological polar surface area (TPSA) is 78.2 Å². The highest BCUT2D eigenvalue weighted by atomic mass is 32.2. The lowest BCUT2D eigenvalue weighted by molar-refractivity contribution is 0.147. The van der Waals surface area contributed by atoms with Gasteiger partial charge in [0.1, 0.15) is 0 Å². The Labute approximate surface area is 211 Å². The van der Waals surface area contributed by atoms with Gasteiger partial charge in [-0.25, -0.2) is 13.9 Å². The van der Waals surface area contributed by atoms with Crippen molar-refractivity contribution < 1.29 is 8.95 Å². The monoisotopic (exact) mass is 492 g/mol. The first-order chi connectivity index (χ1) is 16.7. The maximum absolute atomic E-state index is 12.5. The molecule has 0 aliphatic rings. The number of nitrogens with one attached hydrogen (secondary N) is 1. The molecular formula is C28H36N4O2S. The number of nitrogens with zero attached hydrogens (tertiary/aromatic N) is 3. The highest BCUT2D eigenvalue weighted by molar-refractivity contribution is 7.84. The normalized spacial score (nSPS) is 13.7. The number of methoxy groups -OCH3 is 1. The van der Waals surface area contributed by atoms with E-state index in [4.69, 9.17) is 9.72 Å². The Hall–Kier alpha value is -2.63. The summed E-state index contributed by atoms with van der Waals surface area (Å²) in [7, 11) is 0.577. The van der Waals surface area contributed by atoms with Gasteiger partial charge in [0.15, 0.2) is 0 Å². The smallest absolute Gasteiger partial charge is 0.0992 e. The van der Waals surface area contributed by atoms with E-state index in [2.05, 4.69) is 52.9 Å². The Morgan fingerprint density at radius 2 is 1.89 bits per heavy atom. The summed E-state index contributed by atoms with van der Waals surface area (Å²) in [5.74, 6) is 0. The van der Waals surface area contributed by atoms with Crippen LogP contribution in [0.3, 0.4) is 0 Å². The molecule has 186 valence electrons. The first-order valence-electron chi connectivity index (χ1n) is 12.0. The van der Waals surface area contributed by atoms with Gasteiger partial charge in [-0.2, -0.15) is 5.26 Å². The van der Waals surface area contributed by atoms with Gasteiger partial charge in [-0.1, -0.05) is 37.3 Å². The lowest BCUT2D eigenvalue weighted by atomic mass is 10.0. The van der Waals surface area contributed by atoms with Crippen LogP contribution in [0, 0.1) is 11.3 Å². The molecule has 2 atom stereocenters. The van der Waals surface area contributed by atoms with Crippen molar-refractivity contribution in [3.63, 3.8) is 0 Å². The summed E-state index contributed by atoms with van der Waals surface area (Å²) < 4.78 is 20.6. The molecule has 0 saturated carbocycles. The minimum Gasteiger partial charge on any atom is -0.383 e. The van der Waals surface area contributed by atoms with E-state index in [0.29, 0.717) is 12.2 Å². The number of hydrogen-bond donors (Lipinski definition) is 1.